The number of hydrogen-bond acceptors (Lipinski definition) is 2. The van der Waals surface area contributed by atoms with Crippen molar-refractivity contribution in [2.45, 2.75) is 0 Å². The van der Waals surface area contributed by atoms with Crippen LogP contribution in [0.4, 0.5) is 19.3 Å². The maximum absolute atomic E-state index is 13.3. The number of anilines is 1. The molecule has 2 N–H and O–H groups in total. The van der Waals surface area contributed by atoms with Crippen molar-refractivity contribution in [2.24, 2.45) is 0 Å². The summed E-state index contributed by atoms with van der Waals surface area (Å²) in [5, 5.41) is 10.9. The van der Waals surface area contributed by atoms with E-state index in [9.17, 15) is 13.6 Å². The smallest absolute Gasteiger partial charge is 0.321 e. The van der Waals surface area contributed by atoms with E-state index in [2.05, 4.69) is 21.2 Å². The van der Waals surface area contributed by atoms with Gasteiger partial charge in [0.1, 0.15) is 11.6 Å². The quantitative estimate of drug-likeness (QED) is 0.841. The van der Waals surface area contributed by atoms with Gasteiger partial charge in [-0.3, -0.25) is 0 Å². The van der Waals surface area contributed by atoms with Gasteiger partial charge in [-0.1, -0.05) is 0 Å². The first-order chi connectivity index (χ1) is 7.95. The average Bonchev–Trinajstić information content (AvgIpc) is 2.26. The van der Waals surface area contributed by atoms with E-state index in [1.165, 1.54) is 11.9 Å². The van der Waals surface area contributed by atoms with Crippen LogP contribution >= 0.6 is 15.9 Å². The maximum atomic E-state index is 13.3. The predicted octanol–water partition coefficient (Wildman–Crippen LogP) is 2.18. The Labute approximate surface area is 105 Å². The minimum atomic E-state index is -0.864. The molecule has 1 aromatic rings. The normalized spacial score (nSPS) is 10.2. The van der Waals surface area contributed by atoms with Crippen molar-refractivity contribution in [1.29, 1.82) is 0 Å². The van der Waals surface area contributed by atoms with E-state index in [1.54, 1.807) is 0 Å². The van der Waals surface area contributed by atoms with Crippen molar-refractivity contribution < 1.29 is 18.7 Å². The number of hydrogen-bond donors (Lipinski definition) is 2. The Hall–Kier alpha value is -1.21. The summed E-state index contributed by atoms with van der Waals surface area (Å²) < 4.78 is 26.3. The van der Waals surface area contributed by atoms with Crippen LogP contribution in [0.15, 0.2) is 16.6 Å². The molecule has 1 aromatic carbocycles. The number of carbonyl (C=O) groups is 1. The molecule has 2 amide bonds. The van der Waals surface area contributed by atoms with Crippen LogP contribution in [0.5, 0.6) is 0 Å². The fraction of sp³-hybridized carbons (Fsp3) is 0.300. The first-order valence-corrected chi connectivity index (χ1v) is 5.52. The first kappa shape index (κ1) is 13.9. The Bertz CT molecular complexity index is 429. The zero-order chi connectivity index (χ0) is 13.0. The van der Waals surface area contributed by atoms with Crippen molar-refractivity contribution in [3.8, 4) is 0 Å². The van der Waals surface area contributed by atoms with E-state index in [4.69, 9.17) is 5.11 Å². The minimum absolute atomic E-state index is 0.0546. The van der Waals surface area contributed by atoms with Crippen molar-refractivity contribution in [3.63, 3.8) is 0 Å². The number of halogens is 3. The van der Waals surface area contributed by atoms with Crippen LogP contribution in [0.25, 0.3) is 0 Å². The molecular formula is C10H11BrF2N2O2. The molecule has 0 bridgehead atoms. The number of rotatable bonds is 3. The second-order valence-corrected chi connectivity index (χ2v) is 4.18. The van der Waals surface area contributed by atoms with Gasteiger partial charge in [-0.05, 0) is 22.0 Å². The number of aliphatic hydroxyl groups excluding tert-OH is 1. The lowest BCUT2D eigenvalue weighted by atomic mass is 10.3. The molecule has 94 valence electrons. The zero-order valence-electron chi connectivity index (χ0n) is 9.01. The summed E-state index contributed by atoms with van der Waals surface area (Å²) in [6.07, 6.45) is 0. The number of likely N-dealkylation sites (N-methyl/N-ethyl adjacent to an activating group) is 1. The van der Waals surface area contributed by atoms with Gasteiger partial charge in [-0.2, -0.15) is 0 Å². The third-order valence-electron chi connectivity index (χ3n) is 2.03. The average molecular weight is 309 g/mol. The molecule has 0 spiro atoms. The van der Waals surface area contributed by atoms with Gasteiger partial charge in [0.25, 0.3) is 0 Å². The molecule has 0 atom stereocenters. The van der Waals surface area contributed by atoms with E-state index >= 15 is 0 Å². The summed E-state index contributed by atoms with van der Waals surface area (Å²) in [7, 11) is 1.45. The van der Waals surface area contributed by atoms with Crippen molar-refractivity contribution in [2.75, 3.05) is 25.5 Å². The molecular weight excluding hydrogens is 298 g/mol. The second kappa shape index (κ2) is 5.92. The molecule has 17 heavy (non-hydrogen) atoms. The zero-order valence-corrected chi connectivity index (χ0v) is 10.6. The molecule has 4 nitrogen and oxygen atoms in total. The molecule has 0 aliphatic carbocycles. The van der Waals surface area contributed by atoms with Crippen molar-refractivity contribution >= 4 is 27.6 Å². The Balaban J connectivity index is 2.81. The van der Waals surface area contributed by atoms with Gasteiger partial charge in [0, 0.05) is 19.7 Å². The highest BCUT2D eigenvalue weighted by molar-refractivity contribution is 9.10. The lowest BCUT2D eigenvalue weighted by Gasteiger charge is -2.17. The van der Waals surface area contributed by atoms with Gasteiger partial charge in [-0.25, -0.2) is 13.6 Å². The Morgan fingerprint density at radius 1 is 1.47 bits per heavy atom. The van der Waals surface area contributed by atoms with Gasteiger partial charge in [-0.15, -0.1) is 0 Å². The fourth-order valence-electron chi connectivity index (χ4n) is 1.08. The minimum Gasteiger partial charge on any atom is -0.395 e. The van der Waals surface area contributed by atoms with E-state index in [0.29, 0.717) is 6.07 Å². The standard InChI is InChI=1S/C10H11BrF2N2O2/c1-15(2-3-16)10(17)14-9-4-6(11)7(12)5-8(9)13/h4-5,16H,2-3H2,1H3,(H,14,17). The van der Waals surface area contributed by atoms with Gasteiger partial charge in [0.15, 0.2) is 0 Å². The molecule has 0 aliphatic rings. The number of amides is 2. The largest absolute Gasteiger partial charge is 0.395 e. The third kappa shape index (κ3) is 3.64. The molecule has 0 unspecified atom stereocenters. The Morgan fingerprint density at radius 2 is 2.12 bits per heavy atom. The highest BCUT2D eigenvalue weighted by Gasteiger charge is 2.13. The first-order valence-electron chi connectivity index (χ1n) is 4.73. The number of urea groups is 1. The van der Waals surface area contributed by atoms with Crippen LogP contribution in [0, 0.1) is 11.6 Å². The van der Waals surface area contributed by atoms with Gasteiger partial charge in [0.2, 0.25) is 0 Å². The summed E-state index contributed by atoms with van der Waals surface area (Å²) in [6.45, 7) is -0.0741. The van der Waals surface area contributed by atoms with Gasteiger partial charge >= 0.3 is 6.03 Å². The second-order valence-electron chi connectivity index (χ2n) is 3.32. The topological polar surface area (TPSA) is 52.6 Å². The molecule has 0 saturated carbocycles. The van der Waals surface area contributed by atoms with Crippen LogP contribution in [0.1, 0.15) is 0 Å². The summed E-state index contributed by atoms with van der Waals surface area (Å²) in [5.74, 6) is -1.61. The number of nitrogens with zero attached hydrogens (tertiary/aromatic N) is 1. The van der Waals surface area contributed by atoms with Crippen molar-refractivity contribution in [3.05, 3.63) is 28.2 Å². The molecule has 1 rings (SSSR count). The molecule has 7 heteroatoms. The summed E-state index contributed by atoms with van der Waals surface area (Å²) in [6, 6.07) is 1.22. The monoisotopic (exact) mass is 308 g/mol. The molecule has 0 saturated heterocycles. The van der Waals surface area contributed by atoms with Crippen molar-refractivity contribution in [1.82, 2.24) is 4.90 Å². The van der Waals surface area contributed by atoms with E-state index in [0.717, 1.165) is 6.07 Å². The van der Waals surface area contributed by atoms with Crippen LogP contribution in [0.3, 0.4) is 0 Å². The Morgan fingerprint density at radius 3 is 2.71 bits per heavy atom. The maximum Gasteiger partial charge on any atom is 0.321 e. The number of carbonyl (C=O) groups excluding carboxylic acids is 1. The highest BCUT2D eigenvalue weighted by Crippen LogP contribution is 2.23. The highest BCUT2D eigenvalue weighted by atomic mass is 79.9. The lowest BCUT2D eigenvalue weighted by molar-refractivity contribution is 0.202. The number of benzene rings is 1. The molecule has 0 aliphatic heterocycles. The molecule has 0 fully saturated rings. The third-order valence-corrected chi connectivity index (χ3v) is 2.64. The number of nitrogens with one attached hydrogen (secondary N) is 1. The SMILES string of the molecule is CN(CCO)C(=O)Nc1cc(Br)c(F)cc1F. The summed E-state index contributed by atoms with van der Waals surface area (Å²) in [5.41, 5.74) is -0.131. The molecule has 0 radical (unpaired) electrons. The van der Waals surface area contributed by atoms with Crippen LogP contribution in [0.2, 0.25) is 0 Å². The van der Waals surface area contributed by atoms with Crippen LogP contribution < -0.4 is 5.32 Å². The van der Waals surface area contributed by atoms with E-state index in [1.807, 2.05) is 0 Å². The van der Waals surface area contributed by atoms with Gasteiger partial charge < -0.3 is 15.3 Å². The van der Waals surface area contributed by atoms with Crippen LogP contribution in [-0.4, -0.2) is 36.2 Å². The molecule has 0 heterocycles. The predicted molar refractivity (Wildman–Crippen MR) is 62.8 cm³/mol. The lowest BCUT2D eigenvalue weighted by Crippen LogP contribution is -2.33. The van der Waals surface area contributed by atoms with Crippen LogP contribution in [-0.2, 0) is 0 Å². The van der Waals surface area contributed by atoms with Gasteiger partial charge in [0.05, 0.1) is 16.8 Å². The molecule has 0 aromatic heterocycles. The number of aliphatic hydroxyl groups is 1. The summed E-state index contributed by atoms with van der Waals surface area (Å²) >= 11 is 2.89. The van der Waals surface area contributed by atoms with E-state index in [-0.39, 0.29) is 23.3 Å². The summed E-state index contributed by atoms with van der Waals surface area (Å²) in [4.78, 5) is 12.7. The van der Waals surface area contributed by atoms with E-state index < -0.39 is 17.7 Å². The Kier molecular flexibility index (Phi) is 4.83. The fourth-order valence-corrected chi connectivity index (χ4v) is 1.42.